The molecule has 0 bridgehead atoms. The van der Waals surface area contributed by atoms with Crippen LogP contribution in [0, 0.1) is 10.8 Å². The zero-order chi connectivity index (χ0) is 33.4. The van der Waals surface area contributed by atoms with Gasteiger partial charge in [0.15, 0.2) is 0 Å². The molecule has 0 saturated carbocycles. The second-order valence-corrected chi connectivity index (χ2v) is 10.8. The molecule has 0 aromatic carbocycles. The monoisotopic (exact) mass is 622 g/mol. The SMILES string of the molecule is C=CC(=O)OCC(C)(COC(=O)C=C)COC(=O)CCCCCCCCC(=O)OCC(C)(COC(=O)C=C)COC(=O)C=C. The van der Waals surface area contributed by atoms with Crippen molar-refractivity contribution >= 4 is 35.8 Å². The van der Waals surface area contributed by atoms with E-state index in [1.807, 2.05) is 0 Å². The fourth-order valence-corrected chi connectivity index (χ4v) is 3.37. The van der Waals surface area contributed by atoms with Gasteiger partial charge >= 0.3 is 35.8 Å². The summed E-state index contributed by atoms with van der Waals surface area (Å²) in [6.07, 6.45) is 8.93. The quantitative estimate of drug-likeness (QED) is 0.0622. The van der Waals surface area contributed by atoms with Gasteiger partial charge in [0, 0.05) is 37.1 Å². The molecule has 12 nitrogen and oxygen atoms in total. The highest BCUT2D eigenvalue weighted by molar-refractivity contribution is 5.82. The van der Waals surface area contributed by atoms with Gasteiger partial charge in [0.1, 0.15) is 39.6 Å². The molecule has 0 aromatic heterocycles. The van der Waals surface area contributed by atoms with E-state index in [9.17, 15) is 28.8 Å². The van der Waals surface area contributed by atoms with Crippen LogP contribution in [-0.2, 0) is 57.2 Å². The molecular weight excluding hydrogens is 576 g/mol. The summed E-state index contributed by atoms with van der Waals surface area (Å²) in [6, 6.07) is 0. The minimum atomic E-state index is -0.941. The lowest BCUT2D eigenvalue weighted by Gasteiger charge is -2.27. The van der Waals surface area contributed by atoms with Gasteiger partial charge in [-0.2, -0.15) is 0 Å². The van der Waals surface area contributed by atoms with Crippen molar-refractivity contribution in [2.24, 2.45) is 10.8 Å². The first-order chi connectivity index (χ1) is 20.8. The first-order valence-corrected chi connectivity index (χ1v) is 14.3. The lowest BCUT2D eigenvalue weighted by atomic mass is 9.94. The molecule has 0 heterocycles. The predicted molar refractivity (Wildman–Crippen MR) is 160 cm³/mol. The maximum Gasteiger partial charge on any atom is 0.330 e. The van der Waals surface area contributed by atoms with E-state index in [1.165, 1.54) is 0 Å². The van der Waals surface area contributed by atoms with E-state index in [-0.39, 0.29) is 52.5 Å². The van der Waals surface area contributed by atoms with Crippen molar-refractivity contribution in [2.75, 3.05) is 39.6 Å². The Bertz CT molecular complexity index is 885. The van der Waals surface area contributed by atoms with Gasteiger partial charge < -0.3 is 28.4 Å². The van der Waals surface area contributed by atoms with Crippen LogP contribution in [-0.4, -0.2) is 75.5 Å². The molecule has 0 amide bonds. The third-order valence-electron chi connectivity index (χ3n) is 6.09. The van der Waals surface area contributed by atoms with Gasteiger partial charge in [-0.05, 0) is 26.7 Å². The van der Waals surface area contributed by atoms with Gasteiger partial charge in [-0.15, -0.1) is 0 Å². The smallest absolute Gasteiger partial charge is 0.330 e. The number of ether oxygens (including phenoxy) is 6. The standard InChI is InChI=1S/C32H46O12/c1-7-25(33)39-19-31(5,20-40-26(34)8-2)23-43-29(37)17-15-13-11-12-14-16-18-30(38)44-24-32(6,21-41-27(35)9-3)22-42-28(36)10-4/h7-10H,1-4,11-24H2,5-6H3. The van der Waals surface area contributed by atoms with Gasteiger partial charge in [0.2, 0.25) is 0 Å². The number of esters is 6. The summed E-state index contributed by atoms with van der Waals surface area (Å²) in [6.45, 7) is 15.8. The summed E-state index contributed by atoms with van der Waals surface area (Å²) < 4.78 is 30.9. The molecule has 0 aliphatic carbocycles. The van der Waals surface area contributed by atoms with E-state index >= 15 is 0 Å². The number of carbonyl (C=O) groups excluding carboxylic acids is 6. The Morgan fingerprint density at radius 2 is 0.659 bits per heavy atom. The Morgan fingerprint density at radius 3 is 0.909 bits per heavy atom. The van der Waals surface area contributed by atoms with Crippen LogP contribution in [0.1, 0.15) is 65.2 Å². The fourth-order valence-electron chi connectivity index (χ4n) is 3.37. The first-order valence-electron chi connectivity index (χ1n) is 14.3. The average Bonchev–Trinajstić information content (AvgIpc) is 3.03. The minimum absolute atomic E-state index is 0.115. The molecule has 44 heavy (non-hydrogen) atoms. The van der Waals surface area contributed by atoms with E-state index in [1.54, 1.807) is 13.8 Å². The molecule has 0 aromatic rings. The molecule has 0 aliphatic heterocycles. The molecule has 0 radical (unpaired) electrons. The summed E-state index contributed by atoms with van der Waals surface area (Å²) in [5, 5.41) is 0. The molecule has 0 N–H and O–H groups in total. The Labute approximate surface area is 259 Å². The van der Waals surface area contributed by atoms with Crippen LogP contribution in [0.25, 0.3) is 0 Å². The Morgan fingerprint density at radius 1 is 0.432 bits per heavy atom. The highest BCUT2D eigenvalue weighted by atomic mass is 16.6. The number of rotatable bonds is 25. The molecule has 0 unspecified atom stereocenters. The fraction of sp³-hybridized carbons (Fsp3) is 0.562. The number of hydrogen-bond acceptors (Lipinski definition) is 12. The summed E-state index contributed by atoms with van der Waals surface area (Å²) in [5.74, 6) is -3.44. The van der Waals surface area contributed by atoms with Gasteiger partial charge in [-0.3, -0.25) is 9.59 Å². The zero-order valence-corrected chi connectivity index (χ0v) is 25.9. The summed E-state index contributed by atoms with van der Waals surface area (Å²) in [7, 11) is 0. The van der Waals surface area contributed by atoms with E-state index in [0.717, 1.165) is 50.0 Å². The van der Waals surface area contributed by atoms with Gasteiger partial charge in [0.25, 0.3) is 0 Å². The van der Waals surface area contributed by atoms with Crippen molar-refractivity contribution in [2.45, 2.75) is 65.2 Å². The third-order valence-corrected chi connectivity index (χ3v) is 6.09. The van der Waals surface area contributed by atoms with Crippen molar-refractivity contribution in [3.63, 3.8) is 0 Å². The van der Waals surface area contributed by atoms with Crippen molar-refractivity contribution in [1.29, 1.82) is 0 Å². The van der Waals surface area contributed by atoms with E-state index in [2.05, 4.69) is 26.3 Å². The molecular formula is C32H46O12. The summed E-state index contributed by atoms with van der Waals surface area (Å²) >= 11 is 0. The van der Waals surface area contributed by atoms with Crippen LogP contribution in [0.15, 0.2) is 50.6 Å². The maximum absolute atomic E-state index is 12.2. The van der Waals surface area contributed by atoms with Crippen LogP contribution < -0.4 is 0 Å². The zero-order valence-electron chi connectivity index (χ0n) is 25.9. The Kier molecular flexibility index (Phi) is 20.2. The highest BCUT2D eigenvalue weighted by Crippen LogP contribution is 2.21. The minimum Gasteiger partial charge on any atom is -0.465 e. The molecule has 0 atom stereocenters. The van der Waals surface area contributed by atoms with Crippen LogP contribution in [0.4, 0.5) is 0 Å². The lowest BCUT2D eigenvalue weighted by molar-refractivity contribution is -0.159. The van der Waals surface area contributed by atoms with Gasteiger partial charge in [0.05, 0.1) is 10.8 Å². The summed E-state index contributed by atoms with van der Waals surface area (Å²) in [4.78, 5) is 70.2. The first kappa shape index (κ1) is 39.8. The van der Waals surface area contributed by atoms with Crippen LogP contribution >= 0.6 is 0 Å². The van der Waals surface area contributed by atoms with Gasteiger partial charge in [-0.1, -0.05) is 52.0 Å². The van der Waals surface area contributed by atoms with E-state index in [4.69, 9.17) is 28.4 Å². The topological polar surface area (TPSA) is 158 Å². The molecule has 0 rings (SSSR count). The Hall–Kier alpha value is -4.22. The maximum atomic E-state index is 12.2. The van der Waals surface area contributed by atoms with Crippen molar-refractivity contribution in [1.82, 2.24) is 0 Å². The molecule has 0 spiro atoms. The van der Waals surface area contributed by atoms with E-state index < -0.39 is 46.6 Å². The lowest BCUT2D eigenvalue weighted by Crippen LogP contribution is -2.36. The number of carbonyl (C=O) groups is 6. The Balaban J connectivity index is 4.32. The van der Waals surface area contributed by atoms with Crippen molar-refractivity contribution < 1.29 is 57.2 Å². The summed E-state index contributed by atoms with van der Waals surface area (Å²) in [5.41, 5.74) is -1.88. The van der Waals surface area contributed by atoms with Gasteiger partial charge in [-0.25, -0.2) is 19.2 Å². The molecule has 0 aliphatic rings. The number of unbranched alkanes of at least 4 members (excludes halogenated alkanes) is 5. The highest BCUT2D eigenvalue weighted by Gasteiger charge is 2.31. The number of hydrogen-bond donors (Lipinski definition) is 0. The molecule has 0 saturated heterocycles. The van der Waals surface area contributed by atoms with Crippen molar-refractivity contribution in [3.8, 4) is 0 Å². The normalized spacial score (nSPS) is 10.9. The van der Waals surface area contributed by atoms with E-state index in [0.29, 0.717) is 12.8 Å². The van der Waals surface area contributed by atoms with Crippen LogP contribution in [0.2, 0.25) is 0 Å². The van der Waals surface area contributed by atoms with Crippen LogP contribution in [0.5, 0.6) is 0 Å². The molecule has 12 heteroatoms. The van der Waals surface area contributed by atoms with Crippen LogP contribution in [0.3, 0.4) is 0 Å². The average molecular weight is 623 g/mol. The third kappa shape index (κ3) is 19.8. The predicted octanol–water partition coefficient (Wildman–Crippen LogP) is 4.12. The largest absolute Gasteiger partial charge is 0.465 e. The molecule has 0 fully saturated rings. The second-order valence-electron chi connectivity index (χ2n) is 10.8. The molecule has 246 valence electrons. The van der Waals surface area contributed by atoms with Crippen molar-refractivity contribution in [3.05, 3.63) is 50.6 Å². The second kappa shape index (κ2) is 22.3.